The van der Waals surface area contributed by atoms with Crippen molar-refractivity contribution >= 4 is 9.84 Å². The molecule has 0 atom stereocenters. The Bertz CT molecular complexity index is 217. The van der Waals surface area contributed by atoms with Crippen molar-refractivity contribution in [1.29, 1.82) is 0 Å². The molecule has 12 heavy (non-hydrogen) atoms. The van der Waals surface area contributed by atoms with Gasteiger partial charge in [-0.05, 0) is 6.42 Å². The van der Waals surface area contributed by atoms with Crippen molar-refractivity contribution in [2.75, 3.05) is 11.5 Å². The van der Waals surface area contributed by atoms with Crippen LogP contribution in [0.4, 0.5) is 13.2 Å². The maximum Gasteiger partial charge on any atom is 0.402 e. The fourth-order valence-corrected chi connectivity index (χ4v) is 2.06. The quantitative estimate of drug-likeness (QED) is 0.699. The number of sulfone groups is 1. The van der Waals surface area contributed by atoms with Gasteiger partial charge in [0.1, 0.15) is 5.75 Å². The Hall–Kier alpha value is -0.260. The van der Waals surface area contributed by atoms with Gasteiger partial charge >= 0.3 is 6.18 Å². The Balaban J connectivity index is 4.06. The Morgan fingerprint density at radius 3 is 2.08 bits per heavy atom. The molecule has 0 fully saturated rings. The zero-order valence-electron chi connectivity index (χ0n) is 6.69. The lowest BCUT2D eigenvalue weighted by Crippen LogP contribution is -2.24. The molecule has 0 N–H and O–H groups in total. The standard InChI is InChI=1S/C6H11F3O2S/c1-2-3-4-12(10,11)5-6(7,8)9/h2-5H2,1H3. The number of unbranched alkanes of at least 4 members (excludes halogenated alkanes) is 1. The van der Waals surface area contributed by atoms with Crippen LogP contribution in [-0.4, -0.2) is 26.1 Å². The van der Waals surface area contributed by atoms with Gasteiger partial charge in [-0.1, -0.05) is 13.3 Å². The number of rotatable bonds is 4. The van der Waals surface area contributed by atoms with Crippen LogP contribution in [0.3, 0.4) is 0 Å². The van der Waals surface area contributed by atoms with Crippen LogP contribution in [0, 0.1) is 0 Å². The van der Waals surface area contributed by atoms with E-state index in [-0.39, 0.29) is 5.75 Å². The molecule has 0 aromatic carbocycles. The topological polar surface area (TPSA) is 34.1 Å². The zero-order valence-corrected chi connectivity index (χ0v) is 7.50. The minimum absolute atomic E-state index is 0.290. The van der Waals surface area contributed by atoms with Gasteiger partial charge in [0.15, 0.2) is 9.84 Å². The largest absolute Gasteiger partial charge is 0.402 e. The molecule has 0 radical (unpaired) electrons. The monoisotopic (exact) mass is 204 g/mol. The van der Waals surface area contributed by atoms with Crippen LogP contribution in [0.15, 0.2) is 0 Å². The molecule has 0 rings (SSSR count). The second-order valence-electron chi connectivity index (χ2n) is 2.56. The highest BCUT2D eigenvalue weighted by Crippen LogP contribution is 2.18. The third-order valence-electron chi connectivity index (χ3n) is 1.19. The molecule has 0 aromatic heterocycles. The van der Waals surface area contributed by atoms with E-state index in [4.69, 9.17) is 0 Å². The van der Waals surface area contributed by atoms with Crippen molar-refractivity contribution in [1.82, 2.24) is 0 Å². The fourth-order valence-electron chi connectivity index (χ4n) is 0.686. The third kappa shape index (κ3) is 6.45. The van der Waals surface area contributed by atoms with E-state index >= 15 is 0 Å². The molecule has 0 aliphatic carbocycles. The van der Waals surface area contributed by atoms with Crippen LogP contribution in [0.25, 0.3) is 0 Å². The van der Waals surface area contributed by atoms with Crippen molar-refractivity contribution in [2.45, 2.75) is 25.9 Å². The van der Waals surface area contributed by atoms with Crippen LogP contribution in [0.1, 0.15) is 19.8 Å². The first kappa shape index (κ1) is 11.7. The summed E-state index contributed by atoms with van der Waals surface area (Å²) in [6.45, 7) is 1.73. The lowest BCUT2D eigenvalue weighted by Gasteiger charge is -2.06. The molecule has 0 bridgehead atoms. The van der Waals surface area contributed by atoms with Crippen LogP contribution in [-0.2, 0) is 9.84 Å². The van der Waals surface area contributed by atoms with Crippen LogP contribution in [0.2, 0.25) is 0 Å². The van der Waals surface area contributed by atoms with Gasteiger partial charge in [0.25, 0.3) is 0 Å². The minimum Gasteiger partial charge on any atom is -0.228 e. The first-order valence-electron chi connectivity index (χ1n) is 3.54. The second-order valence-corrected chi connectivity index (χ2v) is 4.74. The predicted octanol–water partition coefficient (Wildman–Crippen LogP) is 1.76. The van der Waals surface area contributed by atoms with Gasteiger partial charge in [0, 0.05) is 0 Å². The highest BCUT2D eigenvalue weighted by atomic mass is 32.2. The smallest absolute Gasteiger partial charge is 0.228 e. The molecule has 0 aliphatic heterocycles. The van der Waals surface area contributed by atoms with Gasteiger partial charge in [0.2, 0.25) is 0 Å². The molecule has 0 aliphatic rings. The fraction of sp³-hybridized carbons (Fsp3) is 1.00. The van der Waals surface area contributed by atoms with Crippen LogP contribution in [0.5, 0.6) is 0 Å². The molecule has 2 nitrogen and oxygen atoms in total. The number of alkyl halides is 3. The SMILES string of the molecule is CCCCS(=O)(=O)CC(F)(F)F. The normalized spacial score (nSPS) is 13.3. The molecule has 6 heteroatoms. The summed E-state index contributed by atoms with van der Waals surface area (Å²) in [5.41, 5.74) is 0. The van der Waals surface area contributed by atoms with Crippen molar-refractivity contribution in [2.24, 2.45) is 0 Å². The van der Waals surface area contributed by atoms with E-state index in [0.29, 0.717) is 12.8 Å². The van der Waals surface area contributed by atoms with Crippen molar-refractivity contribution in [3.8, 4) is 0 Å². The molecular formula is C6H11F3O2S. The maximum absolute atomic E-state index is 11.6. The summed E-state index contributed by atoms with van der Waals surface area (Å²) in [4.78, 5) is 0. The molecule has 0 aromatic rings. The predicted molar refractivity (Wildman–Crippen MR) is 39.6 cm³/mol. The lowest BCUT2D eigenvalue weighted by atomic mass is 10.4. The Morgan fingerprint density at radius 1 is 1.25 bits per heavy atom. The summed E-state index contributed by atoms with van der Waals surface area (Å²) in [5, 5.41) is 0. The lowest BCUT2D eigenvalue weighted by molar-refractivity contribution is -0.106. The van der Waals surface area contributed by atoms with E-state index in [2.05, 4.69) is 0 Å². The molecule has 0 unspecified atom stereocenters. The molecule has 0 saturated carbocycles. The molecule has 0 spiro atoms. The number of hydrogen-bond donors (Lipinski definition) is 0. The summed E-state index contributed by atoms with van der Waals surface area (Å²) in [6.07, 6.45) is -3.73. The third-order valence-corrected chi connectivity index (χ3v) is 2.87. The molecule has 0 saturated heterocycles. The van der Waals surface area contributed by atoms with Crippen molar-refractivity contribution in [3.05, 3.63) is 0 Å². The van der Waals surface area contributed by atoms with E-state index in [0.717, 1.165) is 0 Å². The number of halogens is 3. The van der Waals surface area contributed by atoms with Crippen LogP contribution < -0.4 is 0 Å². The molecular weight excluding hydrogens is 193 g/mol. The minimum atomic E-state index is -4.60. The number of hydrogen-bond acceptors (Lipinski definition) is 2. The summed E-state index contributed by atoms with van der Waals surface area (Å²) in [5.74, 6) is -2.07. The highest BCUT2D eigenvalue weighted by molar-refractivity contribution is 7.91. The van der Waals surface area contributed by atoms with Crippen LogP contribution >= 0.6 is 0 Å². The van der Waals surface area contributed by atoms with E-state index in [1.54, 1.807) is 6.92 Å². The van der Waals surface area contributed by atoms with Crippen molar-refractivity contribution < 1.29 is 21.6 Å². The summed E-state index contributed by atoms with van der Waals surface area (Å²) < 4.78 is 56.2. The van der Waals surface area contributed by atoms with Gasteiger partial charge in [-0.2, -0.15) is 13.2 Å². The van der Waals surface area contributed by atoms with E-state index in [1.165, 1.54) is 0 Å². The molecule has 74 valence electrons. The molecule has 0 heterocycles. The summed E-state index contributed by atoms with van der Waals surface area (Å²) >= 11 is 0. The van der Waals surface area contributed by atoms with E-state index < -0.39 is 21.8 Å². The zero-order chi connectivity index (χ0) is 9.83. The van der Waals surface area contributed by atoms with Gasteiger partial charge in [-0.15, -0.1) is 0 Å². The Labute approximate surface area is 69.7 Å². The summed E-state index contributed by atoms with van der Waals surface area (Å²) in [6, 6.07) is 0. The highest BCUT2D eigenvalue weighted by Gasteiger charge is 2.34. The van der Waals surface area contributed by atoms with Gasteiger partial charge in [0.05, 0.1) is 5.75 Å². The first-order valence-corrected chi connectivity index (χ1v) is 5.36. The van der Waals surface area contributed by atoms with E-state index in [1.807, 2.05) is 0 Å². The molecule has 0 amide bonds. The Kier molecular flexibility index (Phi) is 4.02. The van der Waals surface area contributed by atoms with Gasteiger partial charge in [-0.25, -0.2) is 8.42 Å². The Morgan fingerprint density at radius 2 is 1.75 bits per heavy atom. The first-order chi connectivity index (χ1) is 5.27. The second kappa shape index (κ2) is 4.11. The average molecular weight is 204 g/mol. The van der Waals surface area contributed by atoms with Gasteiger partial charge < -0.3 is 0 Å². The maximum atomic E-state index is 11.6. The average Bonchev–Trinajstić information content (AvgIpc) is 1.78. The van der Waals surface area contributed by atoms with Gasteiger partial charge in [-0.3, -0.25) is 0 Å². The van der Waals surface area contributed by atoms with Crippen molar-refractivity contribution in [3.63, 3.8) is 0 Å². The summed E-state index contributed by atoms with van der Waals surface area (Å²) in [7, 11) is -3.93. The van der Waals surface area contributed by atoms with E-state index in [9.17, 15) is 21.6 Å².